The first-order valence-electron chi connectivity index (χ1n) is 6.99. The van der Waals surface area contributed by atoms with Gasteiger partial charge in [-0.1, -0.05) is 12.8 Å². The predicted molar refractivity (Wildman–Crippen MR) is 76.4 cm³/mol. The van der Waals surface area contributed by atoms with Gasteiger partial charge in [0.25, 0.3) is 0 Å². The van der Waals surface area contributed by atoms with E-state index in [0.717, 1.165) is 18.8 Å². The highest BCUT2D eigenvalue weighted by molar-refractivity contribution is 5.46. The van der Waals surface area contributed by atoms with Crippen LogP contribution in [0, 0.1) is 0 Å². The molecule has 100 valence electrons. The van der Waals surface area contributed by atoms with Gasteiger partial charge in [0.15, 0.2) is 0 Å². The molecule has 1 fully saturated rings. The largest absolute Gasteiger partial charge is 0.497 e. The Labute approximate surface area is 110 Å². The first kappa shape index (κ1) is 13.2. The van der Waals surface area contributed by atoms with E-state index in [4.69, 9.17) is 4.74 Å². The summed E-state index contributed by atoms with van der Waals surface area (Å²) in [5, 5.41) is 3.47. The number of rotatable bonds is 5. The second kappa shape index (κ2) is 7.27. The molecule has 0 aliphatic carbocycles. The first-order chi connectivity index (χ1) is 8.88. The van der Waals surface area contributed by atoms with Gasteiger partial charge < -0.3 is 15.0 Å². The summed E-state index contributed by atoms with van der Waals surface area (Å²) in [5.74, 6) is 0.910. The molecule has 1 aromatic rings. The van der Waals surface area contributed by atoms with Crippen molar-refractivity contribution in [3.8, 4) is 5.75 Å². The van der Waals surface area contributed by atoms with Crippen LogP contribution in [0.3, 0.4) is 0 Å². The van der Waals surface area contributed by atoms with Crippen molar-refractivity contribution in [2.24, 2.45) is 0 Å². The van der Waals surface area contributed by atoms with Gasteiger partial charge in [0.2, 0.25) is 0 Å². The average molecular weight is 248 g/mol. The van der Waals surface area contributed by atoms with Crippen LogP contribution in [0.2, 0.25) is 0 Å². The number of hydrogen-bond acceptors (Lipinski definition) is 3. The van der Waals surface area contributed by atoms with Gasteiger partial charge in [-0.2, -0.15) is 0 Å². The van der Waals surface area contributed by atoms with Crippen LogP contribution in [0.4, 0.5) is 5.69 Å². The predicted octanol–water partition coefficient (Wildman–Crippen LogP) is 2.98. The third kappa shape index (κ3) is 4.22. The van der Waals surface area contributed by atoms with Crippen molar-refractivity contribution in [1.29, 1.82) is 0 Å². The maximum absolute atomic E-state index is 5.15. The molecule has 1 N–H and O–H groups in total. The molecule has 0 bridgehead atoms. The van der Waals surface area contributed by atoms with Crippen molar-refractivity contribution in [3.63, 3.8) is 0 Å². The van der Waals surface area contributed by atoms with E-state index in [0.29, 0.717) is 0 Å². The van der Waals surface area contributed by atoms with Crippen LogP contribution in [0.1, 0.15) is 25.7 Å². The fourth-order valence-corrected chi connectivity index (χ4v) is 2.43. The number of benzene rings is 1. The third-order valence-electron chi connectivity index (χ3n) is 3.55. The molecule has 0 unspecified atom stereocenters. The summed E-state index contributed by atoms with van der Waals surface area (Å²) in [6.07, 6.45) is 5.54. The highest BCUT2D eigenvalue weighted by atomic mass is 16.5. The highest BCUT2D eigenvalue weighted by Gasteiger charge is 2.07. The number of nitrogens with one attached hydrogen (secondary N) is 1. The van der Waals surface area contributed by atoms with E-state index in [9.17, 15) is 0 Å². The Morgan fingerprint density at radius 2 is 1.72 bits per heavy atom. The summed E-state index contributed by atoms with van der Waals surface area (Å²) in [5.41, 5.74) is 1.17. The summed E-state index contributed by atoms with van der Waals surface area (Å²) >= 11 is 0. The minimum Gasteiger partial charge on any atom is -0.497 e. The van der Waals surface area contributed by atoms with Gasteiger partial charge in [0.05, 0.1) is 7.11 Å². The quantitative estimate of drug-likeness (QED) is 0.867. The molecule has 3 nitrogen and oxygen atoms in total. The van der Waals surface area contributed by atoms with Gasteiger partial charge in [-0.3, -0.25) is 0 Å². The van der Waals surface area contributed by atoms with Crippen molar-refractivity contribution in [3.05, 3.63) is 24.3 Å². The van der Waals surface area contributed by atoms with Gasteiger partial charge in [0, 0.05) is 18.8 Å². The maximum atomic E-state index is 5.15. The van der Waals surface area contributed by atoms with E-state index in [-0.39, 0.29) is 0 Å². The van der Waals surface area contributed by atoms with Crippen molar-refractivity contribution in [2.75, 3.05) is 38.6 Å². The molecule has 2 rings (SSSR count). The van der Waals surface area contributed by atoms with Crippen LogP contribution < -0.4 is 10.1 Å². The van der Waals surface area contributed by atoms with E-state index < -0.39 is 0 Å². The minimum atomic E-state index is 0.910. The lowest BCUT2D eigenvalue weighted by molar-refractivity contribution is 0.296. The molecule has 1 heterocycles. The minimum absolute atomic E-state index is 0.910. The molecule has 0 amide bonds. The van der Waals surface area contributed by atoms with Gasteiger partial charge in [-0.25, -0.2) is 0 Å². The maximum Gasteiger partial charge on any atom is 0.119 e. The molecule has 0 spiro atoms. The first-order valence-corrected chi connectivity index (χ1v) is 6.99. The number of methoxy groups -OCH3 is 1. The number of hydrogen-bond donors (Lipinski definition) is 1. The van der Waals surface area contributed by atoms with Gasteiger partial charge in [0.1, 0.15) is 5.75 Å². The Balaban J connectivity index is 1.70. The second-order valence-corrected chi connectivity index (χ2v) is 4.91. The fraction of sp³-hybridized carbons (Fsp3) is 0.600. The highest BCUT2D eigenvalue weighted by Crippen LogP contribution is 2.15. The lowest BCUT2D eigenvalue weighted by Crippen LogP contribution is -2.29. The van der Waals surface area contributed by atoms with E-state index in [1.165, 1.54) is 44.5 Å². The fourth-order valence-electron chi connectivity index (χ4n) is 2.43. The molecule has 0 radical (unpaired) electrons. The zero-order valence-corrected chi connectivity index (χ0v) is 11.3. The third-order valence-corrected chi connectivity index (χ3v) is 3.55. The van der Waals surface area contributed by atoms with Crippen molar-refractivity contribution >= 4 is 5.69 Å². The molecular formula is C15H24N2O. The van der Waals surface area contributed by atoms with Gasteiger partial charge >= 0.3 is 0 Å². The van der Waals surface area contributed by atoms with Crippen LogP contribution in [-0.2, 0) is 0 Å². The van der Waals surface area contributed by atoms with Crippen molar-refractivity contribution < 1.29 is 4.74 Å². The van der Waals surface area contributed by atoms with E-state index in [1.807, 2.05) is 12.1 Å². The van der Waals surface area contributed by atoms with E-state index in [2.05, 4.69) is 22.3 Å². The number of nitrogens with zero attached hydrogens (tertiary/aromatic N) is 1. The average Bonchev–Trinajstić information content (AvgIpc) is 2.68. The van der Waals surface area contributed by atoms with Gasteiger partial charge in [-0.05, 0) is 50.2 Å². The van der Waals surface area contributed by atoms with Crippen LogP contribution in [-0.4, -0.2) is 38.2 Å². The Morgan fingerprint density at radius 3 is 2.33 bits per heavy atom. The molecule has 0 atom stereocenters. The molecule has 1 saturated heterocycles. The Bertz CT molecular complexity index is 329. The zero-order chi connectivity index (χ0) is 12.6. The monoisotopic (exact) mass is 248 g/mol. The summed E-state index contributed by atoms with van der Waals surface area (Å²) in [6.45, 7) is 4.70. The molecular weight excluding hydrogens is 224 g/mol. The SMILES string of the molecule is COc1ccc(NCCN2CCCCCC2)cc1. The Morgan fingerprint density at radius 1 is 1.06 bits per heavy atom. The van der Waals surface area contributed by atoms with E-state index in [1.54, 1.807) is 7.11 Å². The van der Waals surface area contributed by atoms with Crippen molar-refractivity contribution in [2.45, 2.75) is 25.7 Å². The van der Waals surface area contributed by atoms with Gasteiger partial charge in [-0.15, -0.1) is 0 Å². The number of anilines is 1. The van der Waals surface area contributed by atoms with Crippen LogP contribution in [0.5, 0.6) is 5.75 Å². The smallest absolute Gasteiger partial charge is 0.119 e. The molecule has 3 heteroatoms. The molecule has 0 saturated carbocycles. The number of ether oxygens (including phenoxy) is 1. The molecule has 1 aliphatic heterocycles. The Hall–Kier alpha value is -1.22. The summed E-state index contributed by atoms with van der Waals surface area (Å²) < 4.78 is 5.15. The van der Waals surface area contributed by atoms with Crippen molar-refractivity contribution in [1.82, 2.24) is 4.90 Å². The standard InChI is InChI=1S/C15H24N2O/c1-18-15-8-6-14(7-9-15)16-10-13-17-11-4-2-3-5-12-17/h6-9,16H,2-5,10-13H2,1H3. The van der Waals surface area contributed by atoms with Crippen LogP contribution >= 0.6 is 0 Å². The summed E-state index contributed by atoms with van der Waals surface area (Å²) in [4.78, 5) is 2.57. The molecule has 1 aliphatic rings. The summed E-state index contributed by atoms with van der Waals surface area (Å²) in [7, 11) is 1.70. The second-order valence-electron chi connectivity index (χ2n) is 4.91. The number of likely N-dealkylation sites (tertiary alicyclic amines) is 1. The normalized spacial score (nSPS) is 17.2. The zero-order valence-electron chi connectivity index (χ0n) is 11.3. The molecule has 0 aromatic heterocycles. The molecule has 1 aromatic carbocycles. The lowest BCUT2D eigenvalue weighted by atomic mass is 10.2. The Kier molecular flexibility index (Phi) is 5.34. The van der Waals surface area contributed by atoms with Crippen LogP contribution in [0.25, 0.3) is 0 Å². The van der Waals surface area contributed by atoms with Crippen LogP contribution in [0.15, 0.2) is 24.3 Å². The van der Waals surface area contributed by atoms with E-state index >= 15 is 0 Å². The molecule has 18 heavy (non-hydrogen) atoms. The topological polar surface area (TPSA) is 24.5 Å². The summed E-state index contributed by atoms with van der Waals surface area (Å²) in [6, 6.07) is 8.13. The lowest BCUT2D eigenvalue weighted by Gasteiger charge is -2.20.